The van der Waals surface area contributed by atoms with Gasteiger partial charge in [-0.2, -0.15) is 13.2 Å². The molecule has 0 heterocycles. The van der Waals surface area contributed by atoms with Gasteiger partial charge in [0.1, 0.15) is 0 Å². The minimum atomic E-state index is -4.75. The third-order valence-corrected chi connectivity index (χ3v) is 2.72. The number of carboxylic acids is 1. The fraction of sp³-hybridized carbons (Fsp3) is 0.462. The van der Waals surface area contributed by atoms with Gasteiger partial charge in [-0.05, 0) is 24.6 Å². The van der Waals surface area contributed by atoms with Gasteiger partial charge in [-0.3, -0.25) is 0 Å². The van der Waals surface area contributed by atoms with Crippen LogP contribution in [0.5, 0.6) is 0 Å². The second kappa shape index (κ2) is 7.28. The molecule has 0 bridgehead atoms. The van der Waals surface area contributed by atoms with Crippen molar-refractivity contribution in [2.24, 2.45) is 0 Å². The lowest BCUT2D eigenvalue weighted by Crippen LogP contribution is -2.19. The molecule has 1 aromatic rings. The number of anilines is 1. The molecule has 0 spiro atoms. The van der Waals surface area contributed by atoms with Gasteiger partial charge < -0.3 is 20.3 Å². The Bertz CT molecular complexity index is 491. The number of carbonyl (C=O) groups is 1. The number of methoxy groups -OCH3 is 1. The minimum absolute atomic E-state index is 0.132. The monoisotopic (exact) mass is 307 g/mol. The van der Waals surface area contributed by atoms with Crippen LogP contribution in [0.1, 0.15) is 22.3 Å². The highest BCUT2D eigenvalue weighted by molar-refractivity contribution is 5.90. The molecule has 118 valence electrons. The average Bonchev–Trinajstić information content (AvgIpc) is 2.37. The number of nitrogens with one attached hydrogen (secondary N) is 1. The van der Waals surface area contributed by atoms with Gasteiger partial charge in [0.15, 0.2) is 0 Å². The highest BCUT2D eigenvalue weighted by Crippen LogP contribution is 2.33. The molecule has 1 rings (SSSR count). The van der Waals surface area contributed by atoms with Gasteiger partial charge in [0, 0.05) is 19.3 Å². The first-order chi connectivity index (χ1) is 9.75. The zero-order valence-electron chi connectivity index (χ0n) is 11.3. The van der Waals surface area contributed by atoms with E-state index in [0.29, 0.717) is 0 Å². The van der Waals surface area contributed by atoms with E-state index in [1.165, 1.54) is 13.2 Å². The van der Waals surface area contributed by atoms with Crippen LogP contribution in [-0.2, 0) is 10.9 Å². The van der Waals surface area contributed by atoms with Gasteiger partial charge in [0.25, 0.3) is 0 Å². The summed E-state index contributed by atoms with van der Waals surface area (Å²) < 4.78 is 43.1. The second-order valence-electron chi connectivity index (χ2n) is 4.39. The van der Waals surface area contributed by atoms with Gasteiger partial charge in [-0.15, -0.1) is 0 Å². The summed E-state index contributed by atoms with van der Waals surface area (Å²) in [5, 5.41) is 20.9. The maximum atomic E-state index is 12.8. The average molecular weight is 307 g/mol. The van der Waals surface area contributed by atoms with Crippen molar-refractivity contribution in [3.8, 4) is 0 Å². The van der Waals surface area contributed by atoms with Crippen LogP contribution in [0, 0.1) is 0 Å². The Hall–Kier alpha value is -1.80. The summed E-state index contributed by atoms with van der Waals surface area (Å²) in [7, 11) is 1.43. The van der Waals surface area contributed by atoms with Crippen molar-refractivity contribution >= 4 is 11.7 Å². The number of halogens is 3. The van der Waals surface area contributed by atoms with E-state index in [1.54, 1.807) is 0 Å². The van der Waals surface area contributed by atoms with E-state index in [9.17, 15) is 23.1 Å². The van der Waals surface area contributed by atoms with Gasteiger partial charge in [-0.1, -0.05) is 0 Å². The Labute approximate surface area is 119 Å². The van der Waals surface area contributed by atoms with Crippen LogP contribution in [-0.4, -0.2) is 42.5 Å². The molecule has 0 saturated heterocycles. The minimum Gasteiger partial charge on any atom is -0.478 e. The number of rotatable bonds is 7. The van der Waals surface area contributed by atoms with Crippen LogP contribution in [0.4, 0.5) is 18.9 Å². The molecule has 0 aliphatic carbocycles. The van der Waals surface area contributed by atoms with E-state index in [1.807, 2.05) is 0 Å². The van der Waals surface area contributed by atoms with Gasteiger partial charge in [-0.25, -0.2) is 4.79 Å². The first-order valence-electron chi connectivity index (χ1n) is 6.11. The Morgan fingerprint density at radius 1 is 1.43 bits per heavy atom. The molecule has 5 nitrogen and oxygen atoms in total. The molecule has 0 aliphatic heterocycles. The van der Waals surface area contributed by atoms with Crippen LogP contribution in [0.15, 0.2) is 18.2 Å². The SMILES string of the molecule is COCC(O)CCNc1ccc(C(=O)O)c(C(F)(F)F)c1. The summed E-state index contributed by atoms with van der Waals surface area (Å²) in [4.78, 5) is 10.8. The molecule has 3 N–H and O–H groups in total. The summed E-state index contributed by atoms with van der Waals surface area (Å²) >= 11 is 0. The van der Waals surface area contributed by atoms with Crippen molar-refractivity contribution in [2.75, 3.05) is 25.6 Å². The number of hydrogen-bond acceptors (Lipinski definition) is 4. The van der Waals surface area contributed by atoms with Crippen LogP contribution < -0.4 is 5.32 Å². The fourth-order valence-electron chi connectivity index (χ4n) is 1.73. The van der Waals surface area contributed by atoms with E-state index < -0.39 is 29.4 Å². The van der Waals surface area contributed by atoms with Crippen molar-refractivity contribution in [1.82, 2.24) is 0 Å². The Kier molecular flexibility index (Phi) is 5.98. The standard InChI is InChI=1S/C13H16F3NO4/c1-21-7-9(18)4-5-17-8-2-3-10(12(19)20)11(6-8)13(14,15)16/h2-3,6,9,17-18H,4-5,7H2,1H3,(H,19,20). The molecule has 0 amide bonds. The predicted molar refractivity (Wildman–Crippen MR) is 69.4 cm³/mol. The maximum absolute atomic E-state index is 12.8. The quantitative estimate of drug-likeness (QED) is 0.720. The molecule has 0 aliphatic rings. The molecule has 21 heavy (non-hydrogen) atoms. The lowest BCUT2D eigenvalue weighted by molar-refractivity contribution is -0.138. The zero-order chi connectivity index (χ0) is 16.0. The van der Waals surface area contributed by atoms with Gasteiger partial charge >= 0.3 is 12.1 Å². The summed E-state index contributed by atoms with van der Waals surface area (Å²) in [6, 6.07) is 2.90. The maximum Gasteiger partial charge on any atom is 0.417 e. The lowest BCUT2D eigenvalue weighted by atomic mass is 10.1. The summed E-state index contributed by atoms with van der Waals surface area (Å²) in [6.07, 6.45) is -5.18. The number of alkyl halides is 3. The molecule has 1 unspecified atom stereocenters. The summed E-state index contributed by atoms with van der Waals surface area (Å²) in [5.41, 5.74) is -1.87. The van der Waals surface area contributed by atoms with Crippen molar-refractivity contribution in [1.29, 1.82) is 0 Å². The number of carboxylic acid groups (broad SMARTS) is 1. The zero-order valence-corrected chi connectivity index (χ0v) is 11.3. The fourth-order valence-corrected chi connectivity index (χ4v) is 1.73. The number of benzene rings is 1. The third kappa shape index (κ3) is 5.24. The smallest absolute Gasteiger partial charge is 0.417 e. The Balaban J connectivity index is 2.79. The molecule has 0 fully saturated rings. The second-order valence-corrected chi connectivity index (χ2v) is 4.39. The van der Waals surface area contributed by atoms with E-state index in [0.717, 1.165) is 12.1 Å². The van der Waals surface area contributed by atoms with Crippen molar-refractivity contribution in [2.45, 2.75) is 18.7 Å². The van der Waals surface area contributed by atoms with Crippen LogP contribution in [0.3, 0.4) is 0 Å². The van der Waals surface area contributed by atoms with Gasteiger partial charge in [0.2, 0.25) is 0 Å². The number of aliphatic hydroxyl groups is 1. The highest BCUT2D eigenvalue weighted by Gasteiger charge is 2.35. The van der Waals surface area contributed by atoms with E-state index in [4.69, 9.17) is 9.84 Å². The molecule has 0 radical (unpaired) electrons. The van der Waals surface area contributed by atoms with Crippen LogP contribution in [0.2, 0.25) is 0 Å². The summed E-state index contributed by atoms with van der Waals surface area (Å²) in [6.45, 7) is 0.363. The third-order valence-electron chi connectivity index (χ3n) is 2.72. The van der Waals surface area contributed by atoms with E-state index in [2.05, 4.69) is 5.32 Å². The largest absolute Gasteiger partial charge is 0.478 e. The topological polar surface area (TPSA) is 78.8 Å². The highest BCUT2D eigenvalue weighted by atomic mass is 19.4. The van der Waals surface area contributed by atoms with Crippen molar-refractivity contribution in [3.63, 3.8) is 0 Å². The van der Waals surface area contributed by atoms with Crippen molar-refractivity contribution < 1.29 is 32.9 Å². The first kappa shape index (κ1) is 17.3. The molecule has 0 aromatic heterocycles. The molecule has 1 atom stereocenters. The summed E-state index contributed by atoms with van der Waals surface area (Å²) in [5.74, 6) is -1.63. The lowest BCUT2D eigenvalue weighted by Gasteiger charge is -2.14. The van der Waals surface area contributed by atoms with E-state index in [-0.39, 0.29) is 25.3 Å². The van der Waals surface area contributed by atoms with Crippen LogP contribution in [0.25, 0.3) is 0 Å². The van der Waals surface area contributed by atoms with Crippen molar-refractivity contribution in [3.05, 3.63) is 29.3 Å². The molecular weight excluding hydrogens is 291 g/mol. The molecule has 1 aromatic carbocycles. The van der Waals surface area contributed by atoms with E-state index >= 15 is 0 Å². The number of hydrogen-bond donors (Lipinski definition) is 3. The Morgan fingerprint density at radius 2 is 2.10 bits per heavy atom. The van der Waals surface area contributed by atoms with Crippen LogP contribution >= 0.6 is 0 Å². The predicted octanol–water partition coefficient (Wildman–Crippen LogP) is 2.21. The molecule has 8 heteroatoms. The Morgan fingerprint density at radius 3 is 2.62 bits per heavy atom. The normalized spacial score (nSPS) is 13.0. The van der Waals surface area contributed by atoms with Gasteiger partial charge in [0.05, 0.1) is 23.8 Å². The number of ether oxygens (including phenoxy) is 1. The number of aliphatic hydroxyl groups excluding tert-OH is 1. The first-order valence-corrected chi connectivity index (χ1v) is 6.11. The number of aromatic carboxylic acids is 1. The molecular formula is C13H16F3NO4. The molecule has 0 saturated carbocycles.